The minimum absolute atomic E-state index is 0.0206. The van der Waals surface area contributed by atoms with Crippen molar-refractivity contribution in [3.63, 3.8) is 0 Å². The molecule has 0 bridgehead atoms. The number of hydrogen-bond acceptors (Lipinski definition) is 14. The topological polar surface area (TPSA) is 214 Å². The van der Waals surface area contributed by atoms with Gasteiger partial charge in [-0.2, -0.15) is 0 Å². The van der Waals surface area contributed by atoms with E-state index >= 15 is 0 Å². The number of aliphatic hydroxyl groups excluding tert-OH is 7. The summed E-state index contributed by atoms with van der Waals surface area (Å²) in [5.74, 6) is -0.443. The van der Waals surface area contributed by atoms with E-state index in [0.29, 0.717) is 19.4 Å². The van der Waals surface area contributed by atoms with Crippen LogP contribution >= 0.6 is 0 Å². The van der Waals surface area contributed by atoms with Gasteiger partial charge in [0.2, 0.25) is 0 Å². The van der Waals surface area contributed by atoms with Gasteiger partial charge in [0.25, 0.3) is 0 Å². The molecular formula is C63H100O14. The zero-order valence-corrected chi connectivity index (χ0v) is 46.6. The van der Waals surface area contributed by atoms with Crippen LogP contribution in [0.1, 0.15) is 155 Å². The molecule has 0 aromatic heterocycles. The van der Waals surface area contributed by atoms with Crippen molar-refractivity contribution < 1.29 is 69.0 Å². The fraction of sp³-hybridized carbons (Fsp3) is 0.635. The Balaban J connectivity index is 1.74. The highest BCUT2D eigenvalue weighted by Crippen LogP contribution is 2.26. The monoisotopic (exact) mass is 1080 g/mol. The molecule has 2 aliphatic heterocycles. The fourth-order valence-corrected chi connectivity index (χ4v) is 8.09. The molecule has 0 aromatic rings. The molecule has 2 rings (SSSR count). The number of esters is 1. The lowest BCUT2D eigenvalue weighted by atomic mass is 9.98. The van der Waals surface area contributed by atoms with Gasteiger partial charge in [0, 0.05) is 13.0 Å². The van der Waals surface area contributed by atoms with Gasteiger partial charge in [-0.3, -0.25) is 4.79 Å². The molecule has 11 unspecified atom stereocenters. The van der Waals surface area contributed by atoms with Crippen LogP contribution < -0.4 is 0 Å². The second kappa shape index (κ2) is 48.1. The number of ether oxygens (including phenoxy) is 6. The van der Waals surface area contributed by atoms with Gasteiger partial charge >= 0.3 is 5.97 Å². The first-order valence-electron chi connectivity index (χ1n) is 28.8. The molecule has 0 amide bonds. The van der Waals surface area contributed by atoms with Gasteiger partial charge in [-0.15, -0.1) is 0 Å². The Hall–Kier alpha value is -3.87. The van der Waals surface area contributed by atoms with E-state index in [2.05, 4.69) is 141 Å². The smallest absolute Gasteiger partial charge is 0.306 e. The Bertz CT molecular complexity index is 1780. The first kappa shape index (κ1) is 69.2. The minimum atomic E-state index is -1.73. The number of aliphatic hydroxyl groups is 7. The number of hydrogen-bond donors (Lipinski definition) is 7. The lowest BCUT2D eigenvalue weighted by Crippen LogP contribution is -2.61. The maximum atomic E-state index is 13.0. The third kappa shape index (κ3) is 34.7. The van der Waals surface area contributed by atoms with Crippen LogP contribution in [-0.4, -0.2) is 142 Å². The first-order valence-corrected chi connectivity index (χ1v) is 28.8. The van der Waals surface area contributed by atoms with E-state index in [1.165, 1.54) is 19.3 Å². The number of unbranched alkanes of at least 4 members (excludes halogenated alkanes) is 8. The van der Waals surface area contributed by atoms with Crippen LogP contribution in [-0.2, 0) is 33.2 Å². The average molecular weight is 1080 g/mol. The summed E-state index contributed by atoms with van der Waals surface area (Å²) < 4.78 is 34.3. The summed E-state index contributed by atoms with van der Waals surface area (Å²) >= 11 is 0. The van der Waals surface area contributed by atoms with E-state index in [1.54, 1.807) is 0 Å². The summed E-state index contributed by atoms with van der Waals surface area (Å²) in [4.78, 5) is 13.0. The molecule has 0 aromatic carbocycles. The zero-order valence-electron chi connectivity index (χ0n) is 46.6. The molecule has 0 saturated carbocycles. The molecular weight excluding hydrogens is 981 g/mol. The predicted octanol–water partition coefficient (Wildman–Crippen LogP) is 10.3. The van der Waals surface area contributed by atoms with Gasteiger partial charge in [0.05, 0.1) is 26.4 Å². The molecule has 14 heteroatoms. The largest absolute Gasteiger partial charge is 0.457 e. The van der Waals surface area contributed by atoms with Crippen molar-refractivity contribution in [3.8, 4) is 0 Å². The molecule has 2 saturated heterocycles. The van der Waals surface area contributed by atoms with Crippen molar-refractivity contribution in [2.75, 3.05) is 33.0 Å². The molecule has 2 aliphatic rings. The second-order valence-electron chi connectivity index (χ2n) is 19.3. The van der Waals surface area contributed by atoms with E-state index in [-0.39, 0.29) is 19.6 Å². The Morgan fingerprint density at radius 3 is 1.26 bits per heavy atom. The van der Waals surface area contributed by atoms with Gasteiger partial charge in [-0.25, -0.2) is 0 Å². The highest BCUT2D eigenvalue weighted by atomic mass is 16.7. The molecule has 0 radical (unpaired) electrons. The van der Waals surface area contributed by atoms with Crippen molar-refractivity contribution in [2.24, 2.45) is 0 Å². The van der Waals surface area contributed by atoms with E-state index in [4.69, 9.17) is 28.4 Å². The van der Waals surface area contributed by atoms with Crippen molar-refractivity contribution in [2.45, 2.75) is 223 Å². The van der Waals surface area contributed by atoms with Gasteiger partial charge in [-0.05, 0) is 103 Å². The van der Waals surface area contributed by atoms with Crippen molar-refractivity contribution >= 4 is 5.97 Å². The number of carbonyl (C=O) groups is 1. The summed E-state index contributed by atoms with van der Waals surface area (Å²) in [5, 5.41) is 72.3. The SMILES string of the molecule is CC/C=C\C/C=C\C/C=C\C/C=C\C/C=C\C/C=C\CCCCCCCCCOCC(COC1OC(COC2OC(CO)C(O)C(O)C2O)C(O)C(O)C1O)OC(=O)CCC/C=C\C/C=C\C/C=C\C/C=C\C/C=C\CC. The van der Waals surface area contributed by atoms with Crippen LogP contribution in [0.15, 0.2) is 134 Å². The standard InChI is InChI=1S/C63H100O14/c1-3-5-7-9-11-13-15-17-19-21-22-23-24-25-26-27-28-29-31-33-35-37-39-41-43-45-47-72-49-52(75-55(65)46-44-42-40-38-36-34-32-30-20-18-16-14-12-10-8-6-4-2)50-73-62-61(71)59(69)57(67)54(77-62)51-74-63-60(70)58(68)56(66)53(48-64)76-63/h5-8,11-14,17-20,22-23,25-26,28-29,32,34,38,40,52-54,56-64,66-71H,3-4,9-10,15-16,21,24,27,30-31,33,35-37,39,41-51H2,1-2H3/b7-5-,8-6-,13-11-,14-12-,19-17-,20-18-,23-22-,26-25-,29-28-,34-32-,40-38-. The molecule has 0 aliphatic carbocycles. The third-order valence-corrected chi connectivity index (χ3v) is 12.7. The normalized spacial score (nSPS) is 25.3. The Labute approximate surface area is 462 Å². The summed E-state index contributed by atoms with van der Waals surface area (Å²) in [6.07, 6.45) is 52.3. The van der Waals surface area contributed by atoms with E-state index in [9.17, 15) is 40.5 Å². The van der Waals surface area contributed by atoms with Crippen LogP contribution in [0.4, 0.5) is 0 Å². The van der Waals surface area contributed by atoms with Crippen molar-refractivity contribution in [1.82, 2.24) is 0 Å². The van der Waals surface area contributed by atoms with E-state index < -0.39 is 86.7 Å². The summed E-state index contributed by atoms with van der Waals surface area (Å²) in [7, 11) is 0. The lowest BCUT2D eigenvalue weighted by Gasteiger charge is -2.42. The van der Waals surface area contributed by atoms with Crippen LogP contribution in [0.5, 0.6) is 0 Å². The van der Waals surface area contributed by atoms with Crippen LogP contribution in [0, 0.1) is 0 Å². The van der Waals surface area contributed by atoms with Gasteiger partial charge in [0.15, 0.2) is 12.6 Å². The molecule has 436 valence electrons. The zero-order chi connectivity index (χ0) is 55.8. The van der Waals surface area contributed by atoms with Crippen molar-refractivity contribution in [1.29, 1.82) is 0 Å². The van der Waals surface area contributed by atoms with Gasteiger partial charge in [-0.1, -0.05) is 180 Å². The molecule has 7 N–H and O–H groups in total. The number of rotatable bonds is 44. The van der Waals surface area contributed by atoms with E-state index in [1.807, 2.05) is 6.08 Å². The third-order valence-electron chi connectivity index (χ3n) is 12.7. The van der Waals surface area contributed by atoms with Crippen LogP contribution in [0.2, 0.25) is 0 Å². The minimum Gasteiger partial charge on any atom is -0.457 e. The molecule has 2 heterocycles. The summed E-state index contributed by atoms with van der Waals surface area (Å²) in [6, 6.07) is 0. The second-order valence-corrected chi connectivity index (χ2v) is 19.3. The predicted molar refractivity (Wildman–Crippen MR) is 307 cm³/mol. The lowest BCUT2D eigenvalue weighted by molar-refractivity contribution is -0.332. The summed E-state index contributed by atoms with van der Waals surface area (Å²) in [6.45, 7) is 3.32. The van der Waals surface area contributed by atoms with Crippen LogP contribution in [0.3, 0.4) is 0 Å². The molecule has 2 fully saturated rings. The van der Waals surface area contributed by atoms with Gasteiger partial charge in [0.1, 0.15) is 54.9 Å². The maximum absolute atomic E-state index is 13.0. The highest BCUT2D eigenvalue weighted by molar-refractivity contribution is 5.69. The Morgan fingerprint density at radius 2 is 0.805 bits per heavy atom. The highest BCUT2D eigenvalue weighted by Gasteiger charge is 2.47. The van der Waals surface area contributed by atoms with Crippen LogP contribution in [0.25, 0.3) is 0 Å². The first-order chi connectivity index (χ1) is 37.6. The quantitative estimate of drug-likeness (QED) is 0.0172. The van der Waals surface area contributed by atoms with Crippen molar-refractivity contribution in [3.05, 3.63) is 134 Å². The van der Waals surface area contributed by atoms with Gasteiger partial charge < -0.3 is 64.2 Å². The Morgan fingerprint density at radius 1 is 0.429 bits per heavy atom. The molecule has 11 atom stereocenters. The van der Waals surface area contributed by atoms with E-state index in [0.717, 1.165) is 103 Å². The number of allylic oxidation sites excluding steroid dienone is 22. The molecule has 14 nitrogen and oxygen atoms in total. The Kier molecular flexibility index (Phi) is 43.2. The summed E-state index contributed by atoms with van der Waals surface area (Å²) in [5.41, 5.74) is 0. The molecule has 0 spiro atoms. The molecule has 77 heavy (non-hydrogen) atoms. The number of carbonyl (C=O) groups excluding carboxylic acids is 1. The fourth-order valence-electron chi connectivity index (χ4n) is 8.09. The average Bonchev–Trinajstić information content (AvgIpc) is 3.43. The maximum Gasteiger partial charge on any atom is 0.306 e.